The van der Waals surface area contributed by atoms with Gasteiger partial charge in [-0.1, -0.05) is 0 Å². The van der Waals surface area contributed by atoms with Crippen LogP contribution in [0.3, 0.4) is 0 Å². The first-order chi connectivity index (χ1) is 13.6. The number of hydrogen-bond acceptors (Lipinski definition) is 7. The van der Waals surface area contributed by atoms with Crippen molar-refractivity contribution < 1.29 is 24.5 Å². The fourth-order valence-corrected chi connectivity index (χ4v) is 3.07. The van der Waals surface area contributed by atoms with Gasteiger partial charge in [-0.2, -0.15) is 0 Å². The van der Waals surface area contributed by atoms with Crippen LogP contribution in [0.4, 0.5) is 5.69 Å². The van der Waals surface area contributed by atoms with Gasteiger partial charge in [0.1, 0.15) is 17.2 Å². The van der Waals surface area contributed by atoms with Gasteiger partial charge in [0.05, 0.1) is 24.8 Å². The first-order valence-electron chi connectivity index (χ1n) is 8.89. The first kappa shape index (κ1) is 18.0. The van der Waals surface area contributed by atoms with E-state index in [9.17, 15) is 15.0 Å². The summed E-state index contributed by atoms with van der Waals surface area (Å²) in [6.45, 7) is 1.87. The van der Waals surface area contributed by atoms with E-state index in [-0.39, 0.29) is 17.2 Å². The summed E-state index contributed by atoms with van der Waals surface area (Å²) in [6.07, 6.45) is 3.73. The Balaban J connectivity index is 1.56. The molecule has 1 amide bonds. The molecule has 8 heteroatoms. The minimum Gasteiger partial charge on any atom is -0.507 e. The minimum atomic E-state index is -0.453. The highest BCUT2D eigenvalue weighted by Gasteiger charge is 2.18. The zero-order valence-electron chi connectivity index (χ0n) is 15.0. The molecule has 0 aliphatic carbocycles. The molecule has 3 heterocycles. The van der Waals surface area contributed by atoms with E-state index >= 15 is 0 Å². The molecule has 1 aliphatic rings. The highest BCUT2D eigenvalue weighted by molar-refractivity contribution is 6.05. The van der Waals surface area contributed by atoms with Crippen molar-refractivity contribution in [1.29, 1.82) is 0 Å². The van der Waals surface area contributed by atoms with Gasteiger partial charge in [0.2, 0.25) is 5.88 Å². The number of amides is 1. The fourth-order valence-electron chi connectivity index (χ4n) is 3.07. The van der Waals surface area contributed by atoms with Crippen LogP contribution < -0.4 is 10.1 Å². The number of phenolic OH excluding ortho intramolecular Hbond substituents is 1. The number of rotatable bonds is 5. The predicted octanol–water partition coefficient (Wildman–Crippen LogP) is 2.71. The maximum absolute atomic E-state index is 12.3. The second-order valence-electron chi connectivity index (χ2n) is 6.61. The number of aromatic hydroxyl groups is 2. The molecule has 3 N–H and O–H groups in total. The van der Waals surface area contributed by atoms with E-state index in [1.807, 2.05) is 0 Å². The molecule has 4 rings (SSSR count). The summed E-state index contributed by atoms with van der Waals surface area (Å²) >= 11 is 0. The number of hydrogen-bond donors (Lipinski definition) is 3. The number of anilines is 1. The van der Waals surface area contributed by atoms with Crippen LogP contribution in [-0.2, 0) is 4.74 Å². The molecule has 1 saturated heterocycles. The molecule has 1 fully saturated rings. The molecule has 144 valence electrons. The van der Waals surface area contributed by atoms with Crippen molar-refractivity contribution in [2.24, 2.45) is 5.92 Å². The number of phenols is 1. The fraction of sp³-hybridized carbons (Fsp3) is 0.250. The van der Waals surface area contributed by atoms with E-state index in [0.29, 0.717) is 41.5 Å². The van der Waals surface area contributed by atoms with Crippen LogP contribution >= 0.6 is 0 Å². The molecule has 0 bridgehead atoms. The Bertz CT molecular complexity index is 1000. The lowest BCUT2D eigenvalue weighted by Crippen LogP contribution is -2.13. The molecule has 0 saturated carbocycles. The molecule has 1 aliphatic heterocycles. The smallest absolute Gasteiger partial charge is 0.274 e. The van der Waals surface area contributed by atoms with Gasteiger partial charge in [-0.15, -0.1) is 0 Å². The predicted molar refractivity (Wildman–Crippen MR) is 102 cm³/mol. The molecule has 8 nitrogen and oxygen atoms in total. The Kier molecular flexibility index (Phi) is 4.94. The van der Waals surface area contributed by atoms with E-state index in [4.69, 9.17) is 9.47 Å². The third-order valence-electron chi connectivity index (χ3n) is 4.53. The third-order valence-corrected chi connectivity index (χ3v) is 4.53. The highest BCUT2D eigenvalue weighted by Crippen LogP contribution is 2.35. The first-order valence-corrected chi connectivity index (χ1v) is 8.89. The quantitative estimate of drug-likeness (QED) is 0.623. The van der Waals surface area contributed by atoms with Crippen LogP contribution in [0.25, 0.3) is 10.8 Å². The SMILES string of the molecule is O=C(Nc1cc(O)c2c(OCC3CCOC3)nccc2c1)c1ccc(O)cn1. The minimum absolute atomic E-state index is 0.0240. The molecule has 1 atom stereocenters. The Labute approximate surface area is 160 Å². The van der Waals surface area contributed by atoms with Crippen molar-refractivity contribution in [2.75, 3.05) is 25.1 Å². The Hall–Kier alpha value is -3.39. The average molecular weight is 381 g/mol. The maximum Gasteiger partial charge on any atom is 0.274 e. The number of pyridine rings is 2. The van der Waals surface area contributed by atoms with Gasteiger partial charge >= 0.3 is 0 Å². The lowest BCUT2D eigenvalue weighted by molar-refractivity contribution is 0.102. The van der Waals surface area contributed by atoms with Crippen LogP contribution in [0, 0.1) is 5.92 Å². The topological polar surface area (TPSA) is 114 Å². The number of benzene rings is 1. The Morgan fingerprint density at radius 2 is 2.14 bits per heavy atom. The number of carbonyl (C=O) groups excluding carboxylic acids is 1. The van der Waals surface area contributed by atoms with E-state index in [1.54, 1.807) is 18.3 Å². The molecule has 0 spiro atoms. The second-order valence-corrected chi connectivity index (χ2v) is 6.61. The second kappa shape index (κ2) is 7.69. The van der Waals surface area contributed by atoms with Gasteiger partial charge in [0.25, 0.3) is 5.91 Å². The highest BCUT2D eigenvalue weighted by atomic mass is 16.5. The normalized spacial score (nSPS) is 16.2. The van der Waals surface area contributed by atoms with Crippen LogP contribution in [0.15, 0.2) is 42.7 Å². The molecular weight excluding hydrogens is 362 g/mol. The lowest BCUT2D eigenvalue weighted by Gasteiger charge is -2.13. The van der Waals surface area contributed by atoms with Crippen LogP contribution in [0.5, 0.6) is 17.4 Å². The number of nitrogens with one attached hydrogen (secondary N) is 1. The summed E-state index contributed by atoms with van der Waals surface area (Å²) < 4.78 is 11.2. The zero-order chi connectivity index (χ0) is 19.5. The number of fused-ring (bicyclic) bond motifs is 1. The molecule has 2 aromatic heterocycles. The van der Waals surface area contributed by atoms with Gasteiger partial charge in [-0.25, -0.2) is 9.97 Å². The average Bonchev–Trinajstić information content (AvgIpc) is 3.20. The largest absolute Gasteiger partial charge is 0.507 e. The van der Waals surface area contributed by atoms with E-state index in [1.165, 1.54) is 24.4 Å². The molecule has 28 heavy (non-hydrogen) atoms. The summed E-state index contributed by atoms with van der Waals surface area (Å²) in [4.78, 5) is 20.4. The Morgan fingerprint density at radius 1 is 1.25 bits per heavy atom. The zero-order valence-corrected chi connectivity index (χ0v) is 15.0. The lowest BCUT2D eigenvalue weighted by atomic mass is 10.1. The molecule has 1 unspecified atom stereocenters. The van der Waals surface area contributed by atoms with E-state index < -0.39 is 5.91 Å². The van der Waals surface area contributed by atoms with Crippen molar-refractivity contribution in [2.45, 2.75) is 6.42 Å². The summed E-state index contributed by atoms with van der Waals surface area (Å²) in [5, 5.41) is 23.6. The van der Waals surface area contributed by atoms with Crippen LogP contribution in [-0.4, -0.2) is 45.9 Å². The summed E-state index contributed by atoms with van der Waals surface area (Å²) in [5.41, 5.74) is 0.557. The molecule has 3 aromatic rings. The summed E-state index contributed by atoms with van der Waals surface area (Å²) in [7, 11) is 0. The Morgan fingerprint density at radius 3 is 2.89 bits per heavy atom. The van der Waals surface area contributed by atoms with Crippen molar-refractivity contribution in [1.82, 2.24) is 9.97 Å². The van der Waals surface area contributed by atoms with Crippen molar-refractivity contribution in [3.05, 3.63) is 48.4 Å². The molecular formula is C20H19N3O5. The van der Waals surface area contributed by atoms with Crippen molar-refractivity contribution >= 4 is 22.4 Å². The van der Waals surface area contributed by atoms with Gasteiger partial charge in [-0.05, 0) is 36.1 Å². The number of nitrogens with zero attached hydrogens (tertiary/aromatic N) is 2. The summed E-state index contributed by atoms with van der Waals surface area (Å²) in [5.74, 6) is 0.141. The van der Waals surface area contributed by atoms with Gasteiger partial charge < -0.3 is 25.0 Å². The standard InChI is InChI=1S/C20H19N3O5/c24-15-1-2-16(22-9-15)19(26)23-14-7-13-3-5-21-20(18(13)17(25)8-14)28-11-12-4-6-27-10-12/h1-3,5,7-9,12,24-25H,4,6,10-11H2,(H,23,26). The van der Waals surface area contributed by atoms with E-state index in [2.05, 4.69) is 15.3 Å². The van der Waals surface area contributed by atoms with E-state index in [0.717, 1.165) is 13.0 Å². The molecule has 0 radical (unpaired) electrons. The van der Waals surface area contributed by atoms with Crippen molar-refractivity contribution in [3.63, 3.8) is 0 Å². The number of aromatic nitrogens is 2. The third kappa shape index (κ3) is 3.81. The number of carbonyl (C=O) groups is 1. The van der Waals surface area contributed by atoms with Crippen LogP contribution in [0.1, 0.15) is 16.9 Å². The van der Waals surface area contributed by atoms with Gasteiger partial charge in [0, 0.05) is 30.5 Å². The number of ether oxygens (including phenoxy) is 2. The van der Waals surface area contributed by atoms with Gasteiger partial charge in [0.15, 0.2) is 0 Å². The van der Waals surface area contributed by atoms with Crippen LogP contribution in [0.2, 0.25) is 0 Å². The molecule has 1 aromatic carbocycles. The monoisotopic (exact) mass is 381 g/mol. The van der Waals surface area contributed by atoms with Crippen molar-refractivity contribution in [3.8, 4) is 17.4 Å². The maximum atomic E-state index is 12.3. The summed E-state index contributed by atoms with van der Waals surface area (Å²) in [6, 6.07) is 7.68. The van der Waals surface area contributed by atoms with Gasteiger partial charge in [-0.3, -0.25) is 4.79 Å².